The summed E-state index contributed by atoms with van der Waals surface area (Å²) in [6.45, 7) is 3.13. The predicted molar refractivity (Wildman–Crippen MR) is 86.2 cm³/mol. The Morgan fingerprint density at radius 2 is 1.83 bits per heavy atom. The van der Waals surface area contributed by atoms with Crippen molar-refractivity contribution in [1.29, 1.82) is 0 Å². The van der Waals surface area contributed by atoms with E-state index in [0.717, 1.165) is 5.82 Å². The van der Waals surface area contributed by atoms with E-state index in [9.17, 15) is 13.2 Å². The van der Waals surface area contributed by atoms with Crippen LogP contribution < -0.4 is 0 Å². The molecule has 1 amide bonds. The van der Waals surface area contributed by atoms with Crippen LogP contribution in [0.1, 0.15) is 16.3 Å². The fraction of sp³-hybridized carbons (Fsp3) is 0.429. The van der Waals surface area contributed by atoms with Gasteiger partial charge in [0.1, 0.15) is 5.82 Å². The quantitative estimate of drug-likeness (QED) is 0.752. The third-order valence-electron chi connectivity index (χ3n) is 3.94. The third-order valence-corrected chi connectivity index (χ3v) is 5.24. The van der Waals surface area contributed by atoms with Crippen molar-refractivity contribution in [1.82, 2.24) is 29.0 Å². The number of sulfonamides is 1. The summed E-state index contributed by atoms with van der Waals surface area (Å²) in [5.74, 6) is 1.12. The van der Waals surface area contributed by atoms with Crippen molar-refractivity contribution in [2.24, 2.45) is 0 Å². The molecular weight excluding hydrogens is 332 g/mol. The van der Waals surface area contributed by atoms with E-state index in [1.54, 1.807) is 34.0 Å². The third kappa shape index (κ3) is 3.29. The Morgan fingerprint density at radius 1 is 1.12 bits per heavy atom. The number of carbonyl (C=O) groups excluding carboxylic acids is 1. The topological polar surface area (TPSA) is 101 Å². The van der Waals surface area contributed by atoms with Gasteiger partial charge in [0.15, 0.2) is 11.5 Å². The number of aryl methyl sites for hydroxylation is 1. The van der Waals surface area contributed by atoms with Gasteiger partial charge in [0.25, 0.3) is 5.91 Å². The molecule has 3 heterocycles. The van der Waals surface area contributed by atoms with Crippen molar-refractivity contribution in [3.05, 3.63) is 36.0 Å². The van der Waals surface area contributed by atoms with Crippen LogP contribution in [-0.2, 0) is 10.0 Å². The van der Waals surface area contributed by atoms with E-state index >= 15 is 0 Å². The van der Waals surface area contributed by atoms with E-state index in [2.05, 4.69) is 15.2 Å². The number of hydrogen-bond donors (Lipinski definition) is 0. The first-order valence-electron chi connectivity index (χ1n) is 7.45. The summed E-state index contributed by atoms with van der Waals surface area (Å²) in [7, 11) is -3.22. The van der Waals surface area contributed by atoms with Crippen LogP contribution in [0.15, 0.2) is 24.5 Å². The number of hydrogen-bond acceptors (Lipinski definition) is 6. The van der Waals surface area contributed by atoms with Gasteiger partial charge in [0, 0.05) is 38.6 Å². The summed E-state index contributed by atoms with van der Waals surface area (Å²) in [4.78, 5) is 18.2. The zero-order valence-electron chi connectivity index (χ0n) is 13.5. The van der Waals surface area contributed by atoms with Crippen LogP contribution in [0.4, 0.5) is 0 Å². The van der Waals surface area contributed by atoms with E-state index in [4.69, 9.17) is 0 Å². The van der Waals surface area contributed by atoms with Crippen molar-refractivity contribution >= 4 is 15.9 Å². The molecule has 2 aromatic heterocycles. The lowest BCUT2D eigenvalue weighted by Gasteiger charge is -2.32. The highest BCUT2D eigenvalue weighted by molar-refractivity contribution is 7.88. The van der Waals surface area contributed by atoms with E-state index < -0.39 is 10.0 Å². The first-order valence-corrected chi connectivity index (χ1v) is 9.29. The Morgan fingerprint density at radius 3 is 2.33 bits per heavy atom. The van der Waals surface area contributed by atoms with Crippen LogP contribution in [-0.4, -0.2) is 75.7 Å². The second-order valence-electron chi connectivity index (χ2n) is 5.58. The lowest BCUT2D eigenvalue weighted by Crippen LogP contribution is -2.50. The summed E-state index contributed by atoms with van der Waals surface area (Å²) < 4.78 is 26.1. The van der Waals surface area contributed by atoms with E-state index in [1.807, 2.05) is 6.92 Å². The lowest BCUT2D eigenvalue weighted by molar-refractivity contribution is 0.0691. The van der Waals surface area contributed by atoms with E-state index in [1.165, 1.54) is 10.6 Å². The second kappa shape index (κ2) is 6.29. The number of nitrogens with zero attached hydrogens (tertiary/aromatic N) is 6. The van der Waals surface area contributed by atoms with Crippen LogP contribution in [0.5, 0.6) is 0 Å². The van der Waals surface area contributed by atoms with Crippen LogP contribution in [0.2, 0.25) is 0 Å². The molecule has 0 spiro atoms. The van der Waals surface area contributed by atoms with Crippen molar-refractivity contribution in [3.8, 4) is 5.82 Å². The van der Waals surface area contributed by atoms with Crippen LogP contribution >= 0.6 is 0 Å². The SMILES string of the molecule is Cc1nccn1-c1ccc(C(=O)N2CCN(S(C)(=O)=O)CC2)nn1. The minimum Gasteiger partial charge on any atom is -0.335 e. The van der Waals surface area contributed by atoms with Crippen molar-refractivity contribution < 1.29 is 13.2 Å². The number of amides is 1. The van der Waals surface area contributed by atoms with Crippen molar-refractivity contribution in [2.45, 2.75) is 6.92 Å². The fourth-order valence-electron chi connectivity index (χ4n) is 2.57. The molecule has 0 bridgehead atoms. The molecule has 9 nitrogen and oxygen atoms in total. The molecule has 1 aliphatic rings. The standard InChI is InChI=1S/C14H18N6O3S/c1-11-15-5-6-20(11)13-4-3-12(16-17-13)14(21)18-7-9-19(10-8-18)24(2,22)23/h3-6H,7-10H2,1-2H3. The highest BCUT2D eigenvalue weighted by atomic mass is 32.2. The van der Waals surface area contributed by atoms with Gasteiger partial charge in [-0.15, -0.1) is 10.2 Å². The number of aromatic nitrogens is 4. The molecule has 2 aromatic rings. The molecular formula is C14H18N6O3S. The highest BCUT2D eigenvalue weighted by Crippen LogP contribution is 2.11. The summed E-state index contributed by atoms with van der Waals surface area (Å²) in [5, 5.41) is 8.07. The molecule has 0 saturated carbocycles. The van der Waals surface area contributed by atoms with Crippen LogP contribution in [0.3, 0.4) is 0 Å². The number of piperazine rings is 1. The van der Waals surface area contributed by atoms with Crippen LogP contribution in [0, 0.1) is 6.92 Å². The highest BCUT2D eigenvalue weighted by Gasteiger charge is 2.27. The lowest BCUT2D eigenvalue weighted by atomic mass is 10.3. The molecule has 1 saturated heterocycles. The summed E-state index contributed by atoms with van der Waals surface area (Å²) in [6.07, 6.45) is 4.61. The van der Waals surface area contributed by atoms with Gasteiger partial charge < -0.3 is 4.90 Å². The summed E-state index contributed by atoms with van der Waals surface area (Å²) in [5.41, 5.74) is 0.240. The molecule has 1 aliphatic heterocycles. The maximum Gasteiger partial charge on any atom is 0.274 e. The number of rotatable bonds is 3. The monoisotopic (exact) mass is 350 g/mol. The summed E-state index contributed by atoms with van der Waals surface area (Å²) >= 11 is 0. The van der Waals surface area contributed by atoms with Gasteiger partial charge in [-0.05, 0) is 19.1 Å². The minimum absolute atomic E-state index is 0.240. The Hall–Kier alpha value is -2.33. The molecule has 24 heavy (non-hydrogen) atoms. The normalized spacial score (nSPS) is 16.3. The predicted octanol–water partition coefficient (Wildman–Crippen LogP) is -0.312. The van der Waals surface area contributed by atoms with Gasteiger partial charge in [-0.25, -0.2) is 13.4 Å². The van der Waals surface area contributed by atoms with Crippen molar-refractivity contribution in [2.75, 3.05) is 32.4 Å². The fourth-order valence-corrected chi connectivity index (χ4v) is 3.40. The Labute approximate surface area is 140 Å². The molecule has 0 N–H and O–H groups in total. The molecule has 0 radical (unpaired) electrons. The Balaban J connectivity index is 1.69. The Kier molecular flexibility index (Phi) is 4.33. The molecule has 10 heteroatoms. The zero-order chi connectivity index (χ0) is 17.3. The van der Waals surface area contributed by atoms with Gasteiger partial charge in [-0.2, -0.15) is 4.31 Å². The zero-order valence-corrected chi connectivity index (χ0v) is 14.3. The maximum absolute atomic E-state index is 12.5. The molecule has 0 aromatic carbocycles. The van der Waals surface area contributed by atoms with Gasteiger partial charge in [-0.1, -0.05) is 0 Å². The summed E-state index contributed by atoms with van der Waals surface area (Å²) in [6, 6.07) is 3.33. The molecule has 0 atom stereocenters. The molecule has 0 aliphatic carbocycles. The van der Waals surface area contributed by atoms with Gasteiger partial charge in [-0.3, -0.25) is 9.36 Å². The van der Waals surface area contributed by atoms with Crippen LogP contribution in [0.25, 0.3) is 5.82 Å². The molecule has 3 rings (SSSR count). The average Bonchev–Trinajstić information content (AvgIpc) is 3.00. The number of carbonyl (C=O) groups is 1. The molecule has 1 fully saturated rings. The smallest absolute Gasteiger partial charge is 0.274 e. The van der Waals surface area contributed by atoms with E-state index in [-0.39, 0.29) is 11.6 Å². The maximum atomic E-state index is 12.5. The van der Waals surface area contributed by atoms with Crippen molar-refractivity contribution in [3.63, 3.8) is 0 Å². The average molecular weight is 350 g/mol. The second-order valence-corrected chi connectivity index (χ2v) is 7.56. The Bertz CT molecular complexity index is 838. The first-order chi connectivity index (χ1) is 11.4. The largest absolute Gasteiger partial charge is 0.335 e. The molecule has 128 valence electrons. The molecule has 0 unspecified atom stereocenters. The van der Waals surface area contributed by atoms with Gasteiger partial charge in [0.2, 0.25) is 10.0 Å². The van der Waals surface area contributed by atoms with Gasteiger partial charge >= 0.3 is 0 Å². The first kappa shape index (κ1) is 16.5. The number of imidazole rings is 1. The van der Waals surface area contributed by atoms with E-state index in [0.29, 0.717) is 32.0 Å². The minimum atomic E-state index is -3.22. The van der Waals surface area contributed by atoms with Gasteiger partial charge in [0.05, 0.1) is 6.26 Å².